The molecule has 0 aliphatic rings. The lowest BCUT2D eigenvalue weighted by Crippen LogP contribution is -2.28. The minimum atomic E-state index is -0.00514. The molecule has 0 fully saturated rings. The van der Waals surface area contributed by atoms with Crippen molar-refractivity contribution in [3.63, 3.8) is 0 Å². The third-order valence-corrected chi connectivity index (χ3v) is 4.98. The summed E-state index contributed by atoms with van der Waals surface area (Å²) in [7, 11) is 0. The van der Waals surface area contributed by atoms with E-state index in [1.807, 2.05) is 18.2 Å². The molecular weight excluding hydrogens is 367 g/mol. The number of aryl methyl sites for hydroxylation is 1. The maximum atomic E-state index is 6.13. The van der Waals surface area contributed by atoms with Crippen molar-refractivity contribution in [1.82, 2.24) is 5.43 Å². The minimum Gasteiger partial charge on any atom is -0.271 e. The molecule has 5 heteroatoms. The number of nitrogens with two attached hydrogens (primary N) is 1. The predicted molar refractivity (Wildman–Crippen MR) is 82.4 cm³/mol. The highest BCUT2D eigenvalue weighted by atomic mass is 127. The van der Waals surface area contributed by atoms with Crippen LogP contribution in [0.5, 0.6) is 0 Å². The number of hydrazine groups is 1. The van der Waals surface area contributed by atoms with Gasteiger partial charge in [0.15, 0.2) is 0 Å². The van der Waals surface area contributed by atoms with E-state index in [-0.39, 0.29) is 6.04 Å². The van der Waals surface area contributed by atoms with Gasteiger partial charge in [-0.25, -0.2) is 5.43 Å². The first-order valence-corrected chi connectivity index (χ1v) is 7.41. The molecule has 0 saturated heterocycles. The van der Waals surface area contributed by atoms with Gasteiger partial charge in [0.05, 0.1) is 11.1 Å². The minimum absolute atomic E-state index is 0.00514. The van der Waals surface area contributed by atoms with Crippen LogP contribution < -0.4 is 11.3 Å². The van der Waals surface area contributed by atoms with Crippen LogP contribution in [0, 0.1) is 10.5 Å². The SMILES string of the molecule is Cc1cc(C(NN)c2ccc(I)c(Cl)c2)cs1. The summed E-state index contributed by atoms with van der Waals surface area (Å²) in [6.07, 6.45) is 0. The van der Waals surface area contributed by atoms with Crippen molar-refractivity contribution in [2.45, 2.75) is 13.0 Å². The van der Waals surface area contributed by atoms with Gasteiger partial charge in [0.2, 0.25) is 0 Å². The van der Waals surface area contributed by atoms with Crippen molar-refractivity contribution < 1.29 is 0 Å². The second-order valence-corrected chi connectivity index (χ2v) is 6.45. The Hall–Kier alpha value is -0.140. The molecular formula is C12H12ClIN2S. The van der Waals surface area contributed by atoms with Crippen LogP contribution in [0.4, 0.5) is 0 Å². The highest BCUT2D eigenvalue weighted by Gasteiger charge is 2.14. The fraction of sp³-hybridized carbons (Fsp3) is 0.167. The summed E-state index contributed by atoms with van der Waals surface area (Å²) in [5.74, 6) is 5.64. The van der Waals surface area contributed by atoms with Crippen molar-refractivity contribution in [3.8, 4) is 0 Å². The molecule has 0 saturated carbocycles. The van der Waals surface area contributed by atoms with E-state index in [4.69, 9.17) is 17.4 Å². The molecule has 0 amide bonds. The summed E-state index contributed by atoms with van der Waals surface area (Å²) in [6.45, 7) is 2.09. The summed E-state index contributed by atoms with van der Waals surface area (Å²) >= 11 is 10.1. The van der Waals surface area contributed by atoms with E-state index in [1.165, 1.54) is 10.4 Å². The van der Waals surface area contributed by atoms with Crippen molar-refractivity contribution in [2.75, 3.05) is 0 Å². The molecule has 0 spiro atoms. The number of nitrogens with one attached hydrogen (secondary N) is 1. The van der Waals surface area contributed by atoms with Crippen LogP contribution in [0.25, 0.3) is 0 Å². The predicted octanol–water partition coefficient (Wildman–Crippen LogP) is 3.87. The Bertz CT molecular complexity index is 527. The molecule has 1 unspecified atom stereocenters. The van der Waals surface area contributed by atoms with Crippen molar-refractivity contribution in [1.29, 1.82) is 0 Å². The molecule has 1 heterocycles. The molecule has 0 aliphatic carbocycles. The molecule has 2 rings (SSSR count). The summed E-state index contributed by atoms with van der Waals surface area (Å²) in [5.41, 5.74) is 5.09. The smallest absolute Gasteiger partial charge is 0.0718 e. The molecule has 1 atom stereocenters. The molecule has 0 bridgehead atoms. The normalized spacial score (nSPS) is 12.7. The van der Waals surface area contributed by atoms with Crippen molar-refractivity contribution >= 4 is 45.5 Å². The van der Waals surface area contributed by atoms with E-state index in [0.717, 1.165) is 14.2 Å². The van der Waals surface area contributed by atoms with Gasteiger partial charge in [0.25, 0.3) is 0 Å². The van der Waals surface area contributed by atoms with Gasteiger partial charge >= 0.3 is 0 Å². The highest BCUT2D eigenvalue weighted by molar-refractivity contribution is 14.1. The first-order chi connectivity index (χ1) is 8.11. The quantitative estimate of drug-likeness (QED) is 0.483. The van der Waals surface area contributed by atoms with E-state index in [0.29, 0.717) is 0 Å². The van der Waals surface area contributed by atoms with Crippen LogP contribution in [0.1, 0.15) is 22.0 Å². The molecule has 2 nitrogen and oxygen atoms in total. The maximum absolute atomic E-state index is 6.13. The van der Waals surface area contributed by atoms with Crippen LogP contribution in [0.3, 0.4) is 0 Å². The van der Waals surface area contributed by atoms with Gasteiger partial charge in [-0.05, 0) is 64.2 Å². The first-order valence-electron chi connectivity index (χ1n) is 5.08. The number of hydrogen-bond donors (Lipinski definition) is 2. The van der Waals surface area contributed by atoms with Gasteiger partial charge in [0, 0.05) is 8.45 Å². The topological polar surface area (TPSA) is 38.0 Å². The van der Waals surface area contributed by atoms with E-state index in [2.05, 4.69) is 46.4 Å². The van der Waals surface area contributed by atoms with E-state index in [9.17, 15) is 0 Å². The Labute approximate surface area is 123 Å². The Kier molecular flexibility index (Phi) is 4.43. The molecule has 17 heavy (non-hydrogen) atoms. The molecule has 0 aliphatic heterocycles. The molecule has 0 radical (unpaired) electrons. The Morgan fingerprint density at radius 2 is 2.12 bits per heavy atom. The Balaban J connectivity index is 2.38. The van der Waals surface area contributed by atoms with Crippen molar-refractivity contribution in [3.05, 3.63) is 54.2 Å². The van der Waals surface area contributed by atoms with E-state index in [1.54, 1.807) is 11.3 Å². The fourth-order valence-electron chi connectivity index (χ4n) is 1.69. The monoisotopic (exact) mass is 378 g/mol. The zero-order valence-electron chi connectivity index (χ0n) is 9.21. The summed E-state index contributed by atoms with van der Waals surface area (Å²) in [6, 6.07) is 8.14. The van der Waals surface area contributed by atoms with Gasteiger partial charge in [-0.3, -0.25) is 5.84 Å². The Morgan fingerprint density at radius 1 is 1.35 bits per heavy atom. The number of halogens is 2. The van der Waals surface area contributed by atoms with Gasteiger partial charge < -0.3 is 0 Å². The average Bonchev–Trinajstić information content (AvgIpc) is 2.71. The van der Waals surface area contributed by atoms with Crippen LogP contribution in [0.15, 0.2) is 29.6 Å². The second-order valence-electron chi connectivity index (χ2n) is 3.76. The third kappa shape index (κ3) is 3.00. The zero-order valence-corrected chi connectivity index (χ0v) is 12.9. The third-order valence-electron chi connectivity index (χ3n) is 2.53. The number of benzene rings is 1. The van der Waals surface area contributed by atoms with Crippen LogP contribution >= 0.6 is 45.5 Å². The lowest BCUT2D eigenvalue weighted by atomic mass is 10.0. The molecule has 3 N–H and O–H groups in total. The fourth-order valence-corrected chi connectivity index (χ4v) is 2.95. The van der Waals surface area contributed by atoms with Crippen LogP contribution in [-0.2, 0) is 0 Å². The number of thiophene rings is 1. The lowest BCUT2D eigenvalue weighted by molar-refractivity contribution is 0.638. The highest BCUT2D eigenvalue weighted by Crippen LogP contribution is 2.29. The van der Waals surface area contributed by atoms with Gasteiger partial charge in [0.1, 0.15) is 0 Å². The molecule has 1 aromatic carbocycles. The van der Waals surface area contributed by atoms with Crippen LogP contribution in [-0.4, -0.2) is 0 Å². The van der Waals surface area contributed by atoms with Gasteiger partial charge in [-0.2, -0.15) is 0 Å². The van der Waals surface area contributed by atoms with Crippen LogP contribution in [0.2, 0.25) is 5.02 Å². The average molecular weight is 379 g/mol. The standard InChI is InChI=1S/C12H12ClIN2S/c1-7-4-9(6-17-7)12(16-15)8-2-3-11(14)10(13)5-8/h2-6,12,16H,15H2,1H3. The molecule has 1 aromatic heterocycles. The molecule has 90 valence electrons. The second kappa shape index (κ2) is 5.67. The van der Waals surface area contributed by atoms with Gasteiger partial charge in [-0.1, -0.05) is 17.7 Å². The Morgan fingerprint density at radius 3 is 2.65 bits per heavy atom. The molecule has 2 aromatic rings. The largest absolute Gasteiger partial charge is 0.271 e. The maximum Gasteiger partial charge on any atom is 0.0718 e. The zero-order chi connectivity index (χ0) is 12.4. The van der Waals surface area contributed by atoms with Gasteiger partial charge in [-0.15, -0.1) is 11.3 Å². The summed E-state index contributed by atoms with van der Waals surface area (Å²) in [5, 5.41) is 2.88. The summed E-state index contributed by atoms with van der Waals surface area (Å²) < 4.78 is 1.05. The van der Waals surface area contributed by atoms with E-state index < -0.39 is 0 Å². The van der Waals surface area contributed by atoms with Crippen molar-refractivity contribution in [2.24, 2.45) is 5.84 Å². The first kappa shape index (κ1) is 13.3. The number of rotatable bonds is 3. The number of hydrogen-bond acceptors (Lipinski definition) is 3. The summed E-state index contributed by atoms with van der Waals surface area (Å²) in [4.78, 5) is 1.27. The lowest BCUT2D eigenvalue weighted by Gasteiger charge is -2.15. The van der Waals surface area contributed by atoms with E-state index >= 15 is 0 Å².